The first-order valence-electron chi connectivity index (χ1n) is 7.36. The van der Waals surface area contributed by atoms with E-state index in [2.05, 4.69) is 0 Å². The van der Waals surface area contributed by atoms with E-state index in [1.165, 1.54) is 48.5 Å². The maximum atomic E-state index is 13.9. The van der Waals surface area contributed by atoms with Gasteiger partial charge in [0, 0.05) is 10.6 Å². The molecule has 26 heavy (non-hydrogen) atoms. The first-order valence-corrected chi connectivity index (χ1v) is 8.56. The third-order valence-electron chi connectivity index (χ3n) is 3.70. The van der Waals surface area contributed by atoms with Crippen LogP contribution in [0.3, 0.4) is 0 Å². The number of amides is 2. The van der Waals surface area contributed by atoms with Crippen LogP contribution in [0, 0.1) is 5.82 Å². The molecule has 1 fully saturated rings. The zero-order valence-electron chi connectivity index (χ0n) is 13.1. The van der Waals surface area contributed by atoms with Crippen LogP contribution in [0.4, 0.5) is 9.18 Å². The molecule has 0 aliphatic carbocycles. The second-order valence-corrected chi connectivity index (χ2v) is 6.78. The zero-order chi connectivity index (χ0) is 18.8. The summed E-state index contributed by atoms with van der Waals surface area (Å²) in [4.78, 5) is 36.4. The summed E-state index contributed by atoms with van der Waals surface area (Å²) in [6.45, 7) is -0.267. The SMILES string of the molecule is O=C([O-])c1ccc(/C=C2/SC(=O)N(Cc3c(F)cccc3Cl)C2=O)cc1. The van der Waals surface area contributed by atoms with Crippen LogP contribution in [0.15, 0.2) is 47.4 Å². The Morgan fingerprint density at radius 3 is 2.50 bits per heavy atom. The molecule has 2 amide bonds. The number of halogens is 2. The van der Waals surface area contributed by atoms with Crippen LogP contribution in [0.1, 0.15) is 21.5 Å². The standard InChI is InChI=1S/C18H11ClFNO4S/c19-13-2-1-3-14(20)12(13)9-21-16(22)15(26-18(21)25)8-10-4-6-11(7-5-10)17(23)24/h1-8H,9H2,(H,23,24)/p-1/b15-8+. The highest BCUT2D eigenvalue weighted by Gasteiger charge is 2.35. The minimum absolute atomic E-state index is 0.00412. The summed E-state index contributed by atoms with van der Waals surface area (Å²) >= 11 is 6.67. The first kappa shape index (κ1) is 18.2. The lowest BCUT2D eigenvalue weighted by Crippen LogP contribution is -2.28. The van der Waals surface area contributed by atoms with E-state index in [4.69, 9.17) is 11.6 Å². The molecular formula is C18H10ClFNO4S-. The minimum atomic E-state index is -1.31. The van der Waals surface area contributed by atoms with Gasteiger partial charge in [-0.25, -0.2) is 4.39 Å². The van der Waals surface area contributed by atoms with E-state index in [0.717, 1.165) is 16.7 Å². The molecule has 2 aromatic rings. The molecule has 0 saturated carbocycles. The molecule has 0 spiro atoms. The number of rotatable bonds is 4. The lowest BCUT2D eigenvalue weighted by atomic mass is 10.1. The fraction of sp³-hybridized carbons (Fsp3) is 0.0556. The highest BCUT2D eigenvalue weighted by atomic mass is 35.5. The van der Waals surface area contributed by atoms with E-state index in [9.17, 15) is 23.9 Å². The molecule has 2 aromatic carbocycles. The molecule has 1 aliphatic heterocycles. The summed E-state index contributed by atoms with van der Waals surface area (Å²) in [5, 5.41) is 10.3. The number of hydrogen-bond acceptors (Lipinski definition) is 5. The summed E-state index contributed by atoms with van der Waals surface area (Å²) in [7, 11) is 0. The van der Waals surface area contributed by atoms with Crippen molar-refractivity contribution in [3.05, 3.63) is 74.9 Å². The summed E-state index contributed by atoms with van der Waals surface area (Å²) < 4.78 is 13.9. The average Bonchev–Trinajstić information content (AvgIpc) is 2.85. The van der Waals surface area contributed by atoms with Crippen molar-refractivity contribution in [2.24, 2.45) is 0 Å². The van der Waals surface area contributed by atoms with Crippen molar-refractivity contribution >= 4 is 46.6 Å². The van der Waals surface area contributed by atoms with E-state index in [1.807, 2.05) is 0 Å². The normalized spacial score (nSPS) is 15.8. The molecule has 3 rings (SSSR count). The van der Waals surface area contributed by atoms with Gasteiger partial charge in [0.1, 0.15) is 5.82 Å². The van der Waals surface area contributed by atoms with Crippen molar-refractivity contribution in [1.29, 1.82) is 0 Å². The summed E-state index contributed by atoms with van der Waals surface area (Å²) in [5.74, 6) is -2.47. The van der Waals surface area contributed by atoms with Crippen molar-refractivity contribution in [2.75, 3.05) is 0 Å². The van der Waals surface area contributed by atoms with Gasteiger partial charge >= 0.3 is 0 Å². The monoisotopic (exact) mass is 390 g/mol. The topological polar surface area (TPSA) is 77.5 Å². The van der Waals surface area contributed by atoms with E-state index < -0.39 is 22.9 Å². The molecule has 1 heterocycles. The van der Waals surface area contributed by atoms with Gasteiger partial charge in [0.25, 0.3) is 11.1 Å². The van der Waals surface area contributed by atoms with Gasteiger partial charge in [0.15, 0.2) is 0 Å². The van der Waals surface area contributed by atoms with E-state index in [-0.39, 0.29) is 27.6 Å². The zero-order valence-corrected chi connectivity index (χ0v) is 14.6. The van der Waals surface area contributed by atoms with Gasteiger partial charge in [-0.2, -0.15) is 0 Å². The van der Waals surface area contributed by atoms with Gasteiger partial charge in [0.2, 0.25) is 0 Å². The van der Waals surface area contributed by atoms with Gasteiger partial charge in [-0.1, -0.05) is 41.9 Å². The number of carboxylic acids is 1. The van der Waals surface area contributed by atoms with Gasteiger partial charge < -0.3 is 9.90 Å². The summed E-state index contributed by atoms with van der Waals surface area (Å²) in [6, 6.07) is 9.78. The van der Waals surface area contributed by atoms with E-state index >= 15 is 0 Å². The fourth-order valence-corrected chi connectivity index (χ4v) is 3.41. The minimum Gasteiger partial charge on any atom is -0.545 e. The van der Waals surface area contributed by atoms with Gasteiger partial charge in [-0.05, 0) is 41.1 Å². The van der Waals surface area contributed by atoms with Crippen LogP contribution in [0.25, 0.3) is 6.08 Å². The largest absolute Gasteiger partial charge is 0.545 e. The Hall–Kier alpha value is -2.64. The Balaban J connectivity index is 1.83. The van der Waals surface area contributed by atoms with Crippen LogP contribution in [-0.2, 0) is 11.3 Å². The molecule has 0 bridgehead atoms. The van der Waals surface area contributed by atoms with Crippen molar-refractivity contribution in [1.82, 2.24) is 4.90 Å². The molecule has 0 radical (unpaired) electrons. The molecule has 8 heteroatoms. The van der Waals surface area contributed by atoms with Gasteiger partial charge in [-0.15, -0.1) is 0 Å². The van der Waals surface area contributed by atoms with Crippen LogP contribution in [0.2, 0.25) is 5.02 Å². The Labute approximate surface area is 157 Å². The lowest BCUT2D eigenvalue weighted by molar-refractivity contribution is -0.255. The number of hydrogen-bond donors (Lipinski definition) is 0. The summed E-state index contributed by atoms with van der Waals surface area (Å²) in [5.41, 5.74) is 0.616. The van der Waals surface area contributed by atoms with Crippen LogP contribution >= 0.6 is 23.4 Å². The average molecular weight is 391 g/mol. The molecule has 132 valence electrons. The molecule has 1 aliphatic rings. The van der Waals surface area contributed by atoms with Crippen LogP contribution in [0.5, 0.6) is 0 Å². The maximum Gasteiger partial charge on any atom is 0.293 e. The fourth-order valence-electron chi connectivity index (χ4n) is 2.34. The maximum absolute atomic E-state index is 13.9. The number of aromatic carboxylic acids is 1. The predicted molar refractivity (Wildman–Crippen MR) is 93.7 cm³/mol. The highest BCUT2D eigenvalue weighted by molar-refractivity contribution is 8.18. The smallest absolute Gasteiger partial charge is 0.293 e. The van der Waals surface area contributed by atoms with Gasteiger partial charge in [0.05, 0.1) is 17.4 Å². The summed E-state index contributed by atoms with van der Waals surface area (Å²) in [6.07, 6.45) is 1.47. The van der Waals surface area contributed by atoms with Gasteiger partial charge in [-0.3, -0.25) is 14.5 Å². The van der Waals surface area contributed by atoms with Crippen LogP contribution in [-0.4, -0.2) is 22.0 Å². The molecule has 5 nitrogen and oxygen atoms in total. The second kappa shape index (κ2) is 7.31. The number of carbonyl (C=O) groups is 3. The molecule has 0 N–H and O–H groups in total. The van der Waals surface area contributed by atoms with Crippen molar-refractivity contribution < 1.29 is 23.9 Å². The molecule has 0 unspecified atom stereocenters. The molecular weight excluding hydrogens is 381 g/mol. The lowest BCUT2D eigenvalue weighted by Gasteiger charge is -2.14. The Kier molecular flexibility index (Phi) is 5.11. The Morgan fingerprint density at radius 2 is 1.88 bits per heavy atom. The number of imide groups is 1. The molecule has 1 saturated heterocycles. The van der Waals surface area contributed by atoms with Crippen LogP contribution < -0.4 is 5.11 Å². The molecule has 0 aromatic heterocycles. The predicted octanol–water partition coefficient (Wildman–Crippen LogP) is 3.08. The number of carboxylic acid groups (broad SMARTS) is 1. The first-order chi connectivity index (χ1) is 12.4. The third-order valence-corrected chi connectivity index (χ3v) is 4.96. The molecule has 0 atom stereocenters. The van der Waals surface area contributed by atoms with E-state index in [0.29, 0.717) is 5.56 Å². The third kappa shape index (κ3) is 3.63. The number of thioether (sulfide) groups is 1. The quantitative estimate of drug-likeness (QED) is 0.750. The number of nitrogens with zero attached hydrogens (tertiary/aromatic N) is 1. The number of carbonyl (C=O) groups excluding carboxylic acids is 3. The van der Waals surface area contributed by atoms with Crippen molar-refractivity contribution in [3.8, 4) is 0 Å². The second-order valence-electron chi connectivity index (χ2n) is 5.38. The Morgan fingerprint density at radius 1 is 1.19 bits per heavy atom. The highest BCUT2D eigenvalue weighted by Crippen LogP contribution is 2.34. The Bertz CT molecular complexity index is 922. The van der Waals surface area contributed by atoms with Crippen molar-refractivity contribution in [2.45, 2.75) is 6.54 Å². The van der Waals surface area contributed by atoms with Crippen molar-refractivity contribution in [3.63, 3.8) is 0 Å². The number of benzene rings is 2. The van der Waals surface area contributed by atoms with E-state index in [1.54, 1.807) is 0 Å².